The molecule has 98 valence electrons. The van der Waals surface area contributed by atoms with E-state index in [-0.39, 0.29) is 0 Å². The standard InChI is InChI=1S/C14H20N2OS/c1-17-12-7-3-2-6-11(12)10-18-13-8-4-5-9-16-14(13)15/h2-3,6-7,13H,4-5,8-10H2,1H3,(H2,15,16). The number of hydrogen-bond donors (Lipinski definition) is 1. The zero-order chi connectivity index (χ0) is 12.8. The summed E-state index contributed by atoms with van der Waals surface area (Å²) in [4.78, 5) is 4.40. The second-order valence-electron chi connectivity index (χ2n) is 4.41. The summed E-state index contributed by atoms with van der Waals surface area (Å²) >= 11 is 1.87. The summed E-state index contributed by atoms with van der Waals surface area (Å²) in [7, 11) is 1.71. The highest BCUT2D eigenvalue weighted by Gasteiger charge is 2.16. The van der Waals surface area contributed by atoms with Crippen molar-refractivity contribution in [3.63, 3.8) is 0 Å². The molecule has 0 saturated heterocycles. The number of thioether (sulfide) groups is 1. The highest BCUT2D eigenvalue weighted by atomic mass is 32.2. The molecule has 1 heterocycles. The number of nitrogens with two attached hydrogens (primary N) is 1. The average Bonchev–Trinajstić information content (AvgIpc) is 2.61. The van der Waals surface area contributed by atoms with Gasteiger partial charge in [-0.25, -0.2) is 0 Å². The second kappa shape index (κ2) is 6.69. The van der Waals surface area contributed by atoms with Crippen LogP contribution in [-0.4, -0.2) is 24.7 Å². The summed E-state index contributed by atoms with van der Waals surface area (Å²) in [6.45, 7) is 0.886. The zero-order valence-electron chi connectivity index (χ0n) is 10.8. The minimum absolute atomic E-state index is 0.359. The van der Waals surface area contributed by atoms with Gasteiger partial charge in [0.1, 0.15) is 11.6 Å². The van der Waals surface area contributed by atoms with Crippen LogP contribution < -0.4 is 10.5 Å². The highest BCUT2D eigenvalue weighted by Crippen LogP contribution is 2.28. The minimum atomic E-state index is 0.359. The fourth-order valence-electron chi connectivity index (χ4n) is 2.08. The van der Waals surface area contributed by atoms with Crippen LogP contribution in [0, 0.1) is 0 Å². The Morgan fingerprint density at radius 2 is 2.22 bits per heavy atom. The molecule has 0 spiro atoms. The highest BCUT2D eigenvalue weighted by molar-refractivity contribution is 7.99. The van der Waals surface area contributed by atoms with E-state index >= 15 is 0 Å². The van der Waals surface area contributed by atoms with E-state index in [4.69, 9.17) is 10.5 Å². The SMILES string of the molecule is COc1ccccc1CSC1CCCCN=C1N. The fourth-order valence-corrected chi connectivity index (χ4v) is 3.28. The molecule has 0 amide bonds. The lowest BCUT2D eigenvalue weighted by Crippen LogP contribution is -2.25. The molecule has 0 saturated carbocycles. The predicted molar refractivity (Wildman–Crippen MR) is 78.4 cm³/mol. The van der Waals surface area contributed by atoms with Gasteiger partial charge in [-0.2, -0.15) is 0 Å². The van der Waals surface area contributed by atoms with Crippen molar-refractivity contribution in [1.82, 2.24) is 0 Å². The van der Waals surface area contributed by atoms with Crippen LogP contribution in [-0.2, 0) is 5.75 Å². The lowest BCUT2D eigenvalue weighted by molar-refractivity contribution is 0.411. The summed E-state index contributed by atoms with van der Waals surface area (Å²) in [5.74, 6) is 2.69. The van der Waals surface area contributed by atoms with Gasteiger partial charge in [-0.3, -0.25) is 4.99 Å². The first-order valence-corrected chi connectivity index (χ1v) is 7.39. The van der Waals surface area contributed by atoms with E-state index in [1.807, 2.05) is 30.0 Å². The molecule has 0 bridgehead atoms. The maximum Gasteiger partial charge on any atom is 0.122 e. The van der Waals surface area contributed by atoms with E-state index in [1.165, 1.54) is 12.0 Å². The van der Waals surface area contributed by atoms with Gasteiger partial charge in [0.05, 0.1) is 12.4 Å². The number of ether oxygens (including phenoxy) is 1. The molecule has 2 rings (SSSR count). The van der Waals surface area contributed by atoms with E-state index < -0.39 is 0 Å². The summed E-state index contributed by atoms with van der Waals surface area (Å²) in [5, 5.41) is 0.359. The normalized spacial score (nSPS) is 20.1. The third kappa shape index (κ3) is 3.42. The summed E-state index contributed by atoms with van der Waals surface area (Å²) in [6.07, 6.45) is 3.51. The van der Waals surface area contributed by atoms with Crippen LogP contribution in [0.4, 0.5) is 0 Å². The van der Waals surface area contributed by atoms with Gasteiger partial charge in [0.15, 0.2) is 0 Å². The maximum atomic E-state index is 6.01. The van der Waals surface area contributed by atoms with Crippen molar-refractivity contribution < 1.29 is 4.74 Å². The Morgan fingerprint density at radius 3 is 3.06 bits per heavy atom. The van der Waals surface area contributed by atoms with Crippen LogP contribution in [0.5, 0.6) is 5.75 Å². The van der Waals surface area contributed by atoms with Crippen molar-refractivity contribution in [2.45, 2.75) is 30.3 Å². The molecular weight excluding hydrogens is 244 g/mol. The quantitative estimate of drug-likeness (QED) is 0.909. The molecule has 0 radical (unpaired) electrons. The molecular formula is C14H20N2OS. The molecule has 1 aliphatic heterocycles. The second-order valence-corrected chi connectivity index (χ2v) is 5.60. The zero-order valence-corrected chi connectivity index (χ0v) is 11.6. The van der Waals surface area contributed by atoms with Gasteiger partial charge in [-0.15, -0.1) is 11.8 Å². The molecule has 2 N–H and O–H groups in total. The van der Waals surface area contributed by atoms with Gasteiger partial charge in [0, 0.05) is 17.9 Å². The number of methoxy groups -OCH3 is 1. The molecule has 1 aliphatic rings. The first-order chi connectivity index (χ1) is 8.81. The molecule has 0 aromatic heterocycles. The van der Waals surface area contributed by atoms with E-state index in [9.17, 15) is 0 Å². The van der Waals surface area contributed by atoms with Crippen molar-refractivity contribution in [2.75, 3.05) is 13.7 Å². The molecule has 1 aromatic carbocycles. The molecule has 0 aliphatic carbocycles. The maximum absolute atomic E-state index is 6.01. The first-order valence-electron chi connectivity index (χ1n) is 6.34. The number of para-hydroxylation sites is 1. The average molecular weight is 264 g/mol. The largest absolute Gasteiger partial charge is 0.496 e. The molecule has 1 atom stereocenters. The van der Waals surface area contributed by atoms with Crippen molar-refractivity contribution in [2.24, 2.45) is 10.7 Å². The Morgan fingerprint density at radius 1 is 1.39 bits per heavy atom. The third-order valence-corrected chi connectivity index (χ3v) is 4.49. The summed E-state index contributed by atoms with van der Waals surface area (Å²) < 4.78 is 5.36. The minimum Gasteiger partial charge on any atom is -0.496 e. The van der Waals surface area contributed by atoms with Crippen molar-refractivity contribution in [1.29, 1.82) is 0 Å². The summed E-state index contributed by atoms with van der Waals surface area (Å²) in [5.41, 5.74) is 7.24. The first kappa shape index (κ1) is 13.3. The Labute approximate surface area is 113 Å². The number of benzene rings is 1. The monoisotopic (exact) mass is 264 g/mol. The molecule has 1 unspecified atom stereocenters. The fraction of sp³-hybridized carbons (Fsp3) is 0.500. The van der Waals surface area contributed by atoms with E-state index in [1.54, 1.807) is 7.11 Å². The molecule has 3 nitrogen and oxygen atoms in total. The third-order valence-electron chi connectivity index (χ3n) is 3.13. The van der Waals surface area contributed by atoms with Crippen LogP contribution in [0.15, 0.2) is 29.3 Å². The number of hydrogen-bond acceptors (Lipinski definition) is 4. The smallest absolute Gasteiger partial charge is 0.122 e. The van der Waals surface area contributed by atoms with Crippen LogP contribution >= 0.6 is 11.8 Å². The van der Waals surface area contributed by atoms with Gasteiger partial charge in [0.2, 0.25) is 0 Å². The molecule has 4 heteroatoms. The topological polar surface area (TPSA) is 47.6 Å². The summed E-state index contributed by atoms with van der Waals surface area (Å²) in [6, 6.07) is 8.15. The van der Waals surface area contributed by atoms with Gasteiger partial charge >= 0.3 is 0 Å². The number of amidine groups is 1. The van der Waals surface area contributed by atoms with E-state index in [0.717, 1.165) is 36.7 Å². The lowest BCUT2D eigenvalue weighted by Gasteiger charge is -2.15. The van der Waals surface area contributed by atoms with Crippen LogP contribution in [0.1, 0.15) is 24.8 Å². The van der Waals surface area contributed by atoms with Crippen molar-refractivity contribution in [3.8, 4) is 5.75 Å². The van der Waals surface area contributed by atoms with Gasteiger partial charge in [-0.05, 0) is 18.9 Å². The van der Waals surface area contributed by atoms with E-state index in [0.29, 0.717) is 5.25 Å². The molecule has 1 aromatic rings. The Kier molecular flexibility index (Phi) is 4.93. The number of nitrogens with zero attached hydrogens (tertiary/aromatic N) is 1. The van der Waals surface area contributed by atoms with Gasteiger partial charge in [0.25, 0.3) is 0 Å². The number of rotatable bonds is 4. The van der Waals surface area contributed by atoms with Crippen LogP contribution in [0.25, 0.3) is 0 Å². The Bertz CT molecular complexity index is 420. The Hall–Kier alpha value is -1.16. The van der Waals surface area contributed by atoms with Gasteiger partial charge < -0.3 is 10.5 Å². The lowest BCUT2D eigenvalue weighted by atomic mass is 10.2. The molecule has 18 heavy (non-hydrogen) atoms. The van der Waals surface area contributed by atoms with E-state index in [2.05, 4.69) is 11.1 Å². The van der Waals surface area contributed by atoms with Crippen LogP contribution in [0.3, 0.4) is 0 Å². The van der Waals surface area contributed by atoms with Gasteiger partial charge in [-0.1, -0.05) is 24.6 Å². The van der Waals surface area contributed by atoms with Crippen molar-refractivity contribution >= 4 is 17.6 Å². The molecule has 0 fully saturated rings. The van der Waals surface area contributed by atoms with Crippen molar-refractivity contribution in [3.05, 3.63) is 29.8 Å². The predicted octanol–water partition coefficient (Wildman–Crippen LogP) is 2.84. The van der Waals surface area contributed by atoms with Crippen LogP contribution in [0.2, 0.25) is 0 Å². The number of aliphatic imine (C=N–C) groups is 1. The Balaban J connectivity index is 1.98.